The van der Waals surface area contributed by atoms with Crippen LogP contribution in [-0.2, 0) is 11.3 Å². The highest BCUT2D eigenvalue weighted by molar-refractivity contribution is 5.26. The van der Waals surface area contributed by atoms with E-state index in [4.69, 9.17) is 9.47 Å². The van der Waals surface area contributed by atoms with Gasteiger partial charge in [0.2, 0.25) is 0 Å². The third-order valence-corrected chi connectivity index (χ3v) is 2.73. The molecule has 0 aliphatic heterocycles. The highest BCUT2D eigenvalue weighted by Crippen LogP contribution is 2.13. The van der Waals surface area contributed by atoms with Gasteiger partial charge in [-0.05, 0) is 51.1 Å². The first-order valence-electron chi connectivity index (χ1n) is 6.15. The number of hydrogen-bond acceptors (Lipinski definition) is 3. The highest BCUT2D eigenvalue weighted by Gasteiger charge is 2.02. The highest BCUT2D eigenvalue weighted by atomic mass is 16.5. The topological polar surface area (TPSA) is 30.5 Å². The number of benzene rings is 1. The van der Waals surface area contributed by atoms with Crippen molar-refractivity contribution in [2.75, 3.05) is 20.7 Å². The van der Waals surface area contributed by atoms with Crippen LogP contribution in [0, 0.1) is 0 Å². The zero-order chi connectivity index (χ0) is 12.5. The molecule has 1 aromatic rings. The van der Waals surface area contributed by atoms with Crippen molar-refractivity contribution in [3.8, 4) is 5.75 Å². The molecular formula is C14H23NO2. The van der Waals surface area contributed by atoms with Crippen molar-refractivity contribution in [3.63, 3.8) is 0 Å². The molecule has 0 amide bonds. The van der Waals surface area contributed by atoms with E-state index in [1.54, 1.807) is 7.11 Å². The van der Waals surface area contributed by atoms with Gasteiger partial charge in [-0.1, -0.05) is 12.1 Å². The fraction of sp³-hybridized carbons (Fsp3) is 0.571. The maximum atomic E-state index is 5.78. The van der Waals surface area contributed by atoms with Crippen LogP contribution >= 0.6 is 0 Å². The number of hydrogen-bond donors (Lipinski definition) is 1. The summed E-state index contributed by atoms with van der Waals surface area (Å²) >= 11 is 0. The van der Waals surface area contributed by atoms with Gasteiger partial charge in [-0.2, -0.15) is 0 Å². The van der Waals surface area contributed by atoms with Gasteiger partial charge in [0.25, 0.3) is 0 Å². The normalized spacial score (nSPS) is 12.4. The van der Waals surface area contributed by atoms with E-state index in [1.807, 2.05) is 31.3 Å². The Balaban J connectivity index is 2.24. The number of ether oxygens (including phenoxy) is 2. The molecule has 0 heterocycles. The molecule has 0 bridgehead atoms. The Labute approximate surface area is 104 Å². The molecule has 0 fully saturated rings. The first-order chi connectivity index (χ1) is 8.26. The Kier molecular flexibility index (Phi) is 6.67. The van der Waals surface area contributed by atoms with Crippen LogP contribution in [0.1, 0.15) is 25.3 Å². The molecule has 3 nitrogen and oxygen atoms in total. The van der Waals surface area contributed by atoms with Gasteiger partial charge in [0.15, 0.2) is 0 Å². The summed E-state index contributed by atoms with van der Waals surface area (Å²) in [5, 5.41) is 3.14. The third kappa shape index (κ3) is 5.71. The Hall–Kier alpha value is -1.06. The van der Waals surface area contributed by atoms with E-state index in [2.05, 4.69) is 12.2 Å². The van der Waals surface area contributed by atoms with E-state index >= 15 is 0 Å². The molecular weight excluding hydrogens is 214 g/mol. The lowest BCUT2D eigenvalue weighted by Gasteiger charge is -2.13. The fourth-order valence-electron chi connectivity index (χ4n) is 1.61. The zero-order valence-corrected chi connectivity index (χ0v) is 11.0. The molecule has 1 rings (SSSR count). The average Bonchev–Trinajstić information content (AvgIpc) is 2.37. The molecule has 1 unspecified atom stereocenters. The predicted molar refractivity (Wildman–Crippen MR) is 70.4 cm³/mol. The molecule has 1 atom stereocenters. The largest absolute Gasteiger partial charge is 0.497 e. The van der Waals surface area contributed by atoms with Gasteiger partial charge >= 0.3 is 0 Å². The summed E-state index contributed by atoms with van der Waals surface area (Å²) in [5.41, 5.74) is 1.19. The standard InChI is InChI=1S/C14H23NO2/c1-12(5-4-10-15-2)17-11-13-6-8-14(16-3)9-7-13/h6-9,12,15H,4-5,10-11H2,1-3H3. The summed E-state index contributed by atoms with van der Waals surface area (Å²) < 4.78 is 10.9. The predicted octanol–water partition coefficient (Wildman–Crippen LogP) is 2.60. The number of nitrogens with one attached hydrogen (secondary N) is 1. The minimum absolute atomic E-state index is 0.311. The summed E-state index contributed by atoms with van der Waals surface area (Å²) in [4.78, 5) is 0. The van der Waals surface area contributed by atoms with Gasteiger partial charge in [-0.25, -0.2) is 0 Å². The lowest BCUT2D eigenvalue weighted by atomic mass is 10.2. The molecule has 0 radical (unpaired) electrons. The van der Waals surface area contributed by atoms with Crippen molar-refractivity contribution >= 4 is 0 Å². The van der Waals surface area contributed by atoms with Crippen LogP contribution in [0.2, 0.25) is 0 Å². The van der Waals surface area contributed by atoms with Crippen molar-refractivity contribution < 1.29 is 9.47 Å². The van der Waals surface area contributed by atoms with E-state index in [1.165, 1.54) is 5.56 Å². The van der Waals surface area contributed by atoms with Crippen molar-refractivity contribution in [2.24, 2.45) is 0 Å². The first-order valence-corrected chi connectivity index (χ1v) is 6.15. The molecule has 0 saturated carbocycles. The molecule has 1 aromatic carbocycles. The maximum Gasteiger partial charge on any atom is 0.118 e. The third-order valence-electron chi connectivity index (χ3n) is 2.73. The van der Waals surface area contributed by atoms with Crippen molar-refractivity contribution in [3.05, 3.63) is 29.8 Å². The smallest absolute Gasteiger partial charge is 0.118 e. The van der Waals surface area contributed by atoms with Crippen LogP contribution in [0.5, 0.6) is 5.75 Å². The molecule has 0 aliphatic rings. The summed E-state index contributed by atoms with van der Waals surface area (Å²) in [6.45, 7) is 3.85. The first kappa shape index (κ1) is 14.0. The van der Waals surface area contributed by atoms with E-state index in [9.17, 15) is 0 Å². The minimum atomic E-state index is 0.311. The Morgan fingerprint density at radius 3 is 2.53 bits per heavy atom. The van der Waals surface area contributed by atoms with E-state index in [0.29, 0.717) is 12.7 Å². The van der Waals surface area contributed by atoms with E-state index in [0.717, 1.165) is 25.1 Å². The van der Waals surface area contributed by atoms with Gasteiger partial charge < -0.3 is 14.8 Å². The summed E-state index contributed by atoms with van der Waals surface area (Å²) in [7, 11) is 3.65. The van der Waals surface area contributed by atoms with Crippen molar-refractivity contribution in [2.45, 2.75) is 32.5 Å². The quantitative estimate of drug-likeness (QED) is 0.705. The van der Waals surface area contributed by atoms with Crippen molar-refractivity contribution in [1.82, 2.24) is 5.32 Å². The molecule has 0 aliphatic carbocycles. The molecule has 3 heteroatoms. The fourth-order valence-corrected chi connectivity index (χ4v) is 1.61. The second-order valence-corrected chi connectivity index (χ2v) is 4.22. The Bertz CT molecular complexity index is 298. The van der Waals surface area contributed by atoms with Crippen LogP contribution < -0.4 is 10.1 Å². The molecule has 17 heavy (non-hydrogen) atoms. The molecule has 96 valence electrons. The average molecular weight is 237 g/mol. The van der Waals surface area contributed by atoms with Crippen LogP contribution in [0.15, 0.2) is 24.3 Å². The Morgan fingerprint density at radius 1 is 1.24 bits per heavy atom. The van der Waals surface area contributed by atoms with Gasteiger partial charge in [0.1, 0.15) is 5.75 Å². The second kappa shape index (κ2) is 8.09. The van der Waals surface area contributed by atoms with Crippen LogP contribution in [-0.4, -0.2) is 26.8 Å². The van der Waals surface area contributed by atoms with Gasteiger partial charge in [0, 0.05) is 0 Å². The second-order valence-electron chi connectivity index (χ2n) is 4.22. The van der Waals surface area contributed by atoms with Crippen LogP contribution in [0.4, 0.5) is 0 Å². The monoisotopic (exact) mass is 237 g/mol. The lowest BCUT2D eigenvalue weighted by Crippen LogP contribution is -2.13. The maximum absolute atomic E-state index is 5.78. The van der Waals surface area contributed by atoms with E-state index in [-0.39, 0.29) is 0 Å². The molecule has 0 aromatic heterocycles. The van der Waals surface area contributed by atoms with Gasteiger partial charge in [-0.15, -0.1) is 0 Å². The van der Waals surface area contributed by atoms with Gasteiger partial charge in [-0.3, -0.25) is 0 Å². The molecule has 0 spiro atoms. The lowest BCUT2D eigenvalue weighted by molar-refractivity contribution is 0.0464. The molecule has 1 N–H and O–H groups in total. The van der Waals surface area contributed by atoms with Crippen LogP contribution in [0.25, 0.3) is 0 Å². The van der Waals surface area contributed by atoms with Crippen LogP contribution in [0.3, 0.4) is 0 Å². The van der Waals surface area contributed by atoms with E-state index < -0.39 is 0 Å². The SMILES string of the molecule is CNCCCC(C)OCc1ccc(OC)cc1. The minimum Gasteiger partial charge on any atom is -0.497 e. The number of methoxy groups -OCH3 is 1. The summed E-state index contributed by atoms with van der Waals surface area (Å²) in [6, 6.07) is 8.01. The zero-order valence-electron chi connectivity index (χ0n) is 11.0. The summed E-state index contributed by atoms with van der Waals surface area (Å²) in [5.74, 6) is 0.885. The van der Waals surface area contributed by atoms with Crippen molar-refractivity contribution in [1.29, 1.82) is 0 Å². The summed E-state index contributed by atoms with van der Waals surface area (Å²) in [6.07, 6.45) is 2.56. The Morgan fingerprint density at radius 2 is 1.94 bits per heavy atom. The van der Waals surface area contributed by atoms with Gasteiger partial charge in [0.05, 0.1) is 19.8 Å². The molecule has 0 saturated heterocycles. The number of rotatable bonds is 8.